The first-order valence-corrected chi connectivity index (χ1v) is 10.2. The van der Waals surface area contributed by atoms with Crippen molar-refractivity contribution in [2.75, 3.05) is 12.3 Å². The lowest BCUT2D eigenvalue weighted by atomic mass is 10.1. The molecule has 160 valence electrons. The van der Waals surface area contributed by atoms with Gasteiger partial charge in [0.2, 0.25) is 5.88 Å². The van der Waals surface area contributed by atoms with Crippen LogP contribution in [0.25, 0.3) is 5.88 Å². The Bertz CT molecular complexity index is 910. The van der Waals surface area contributed by atoms with E-state index in [-0.39, 0.29) is 24.3 Å². The van der Waals surface area contributed by atoms with Gasteiger partial charge in [-0.15, -0.1) is 0 Å². The number of nitrogens with two attached hydrogens (primary N) is 1. The summed E-state index contributed by atoms with van der Waals surface area (Å²) in [4.78, 5) is 27.3. The first-order valence-electron chi connectivity index (χ1n) is 10.2. The highest BCUT2D eigenvalue weighted by molar-refractivity contribution is 5.69. The Kier molecular flexibility index (Phi) is 7.88. The first kappa shape index (κ1) is 21.4. The molecule has 1 aliphatic rings. The summed E-state index contributed by atoms with van der Waals surface area (Å²) < 4.78 is 17.1. The van der Waals surface area contributed by atoms with Gasteiger partial charge in [0, 0.05) is 12.6 Å². The number of unbranched alkanes of at least 4 members (excludes halogenated alkanes) is 4. The fourth-order valence-electron chi connectivity index (χ4n) is 3.10. The molecule has 1 aliphatic heterocycles. The number of nitrogens with zero attached hydrogens (tertiary/aromatic N) is 2. The third kappa shape index (κ3) is 6.65. The first-order chi connectivity index (χ1) is 14.6. The summed E-state index contributed by atoms with van der Waals surface area (Å²) in [5, 5.41) is 0. The minimum Gasteiger partial charge on any atom is -0.458 e. The Balaban J connectivity index is 1.24. The molecular weight excluding hydrogens is 386 g/mol. The average Bonchev–Trinajstić information content (AvgIpc) is 3.21. The van der Waals surface area contributed by atoms with E-state index in [0.717, 1.165) is 43.1 Å². The molecule has 0 fully saturated rings. The van der Waals surface area contributed by atoms with Gasteiger partial charge in [0.1, 0.15) is 12.1 Å². The fraction of sp³-hybridized carbons (Fsp3) is 0.409. The van der Waals surface area contributed by atoms with E-state index >= 15 is 0 Å². The summed E-state index contributed by atoms with van der Waals surface area (Å²) >= 11 is 0. The number of hydrogen-bond donors (Lipinski definition) is 1. The molecule has 0 aliphatic carbocycles. The van der Waals surface area contributed by atoms with E-state index < -0.39 is 12.0 Å². The summed E-state index contributed by atoms with van der Waals surface area (Å²) in [7, 11) is 0. The minimum atomic E-state index is -0.786. The fourth-order valence-corrected chi connectivity index (χ4v) is 3.10. The van der Waals surface area contributed by atoms with Crippen molar-refractivity contribution in [1.29, 1.82) is 0 Å². The van der Waals surface area contributed by atoms with Crippen molar-refractivity contribution < 1.29 is 19.0 Å². The molecule has 0 saturated carbocycles. The van der Waals surface area contributed by atoms with E-state index in [1.807, 2.05) is 6.07 Å². The number of carbonyl (C=O) groups is 1. The number of ether oxygens (including phenoxy) is 3. The van der Waals surface area contributed by atoms with E-state index in [4.69, 9.17) is 19.9 Å². The van der Waals surface area contributed by atoms with Crippen LogP contribution in [0.3, 0.4) is 0 Å². The van der Waals surface area contributed by atoms with Crippen LogP contribution in [-0.2, 0) is 25.4 Å². The number of benzene rings is 1. The van der Waals surface area contributed by atoms with Crippen molar-refractivity contribution in [2.45, 2.75) is 51.2 Å². The minimum absolute atomic E-state index is 0.0486. The van der Waals surface area contributed by atoms with Gasteiger partial charge in [-0.1, -0.05) is 49.6 Å². The lowest BCUT2D eigenvalue weighted by molar-refractivity contribution is -0.153. The van der Waals surface area contributed by atoms with Crippen molar-refractivity contribution in [3.63, 3.8) is 0 Å². The maximum Gasteiger partial charge on any atom is 0.356 e. The van der Waals surface area contributed by atoms with Crippen LogP contribution in [0, 0.1) is 0 Å². The smallest absolute Gasteiger partial charge is 0.356 e. The third-order valence-corrected chi connectivity index (χ3v) is 4.71. The predicted octanol–water partition coefficient (Wildman–Crippen LogP) is 3.08. The second kappa shape index (κ2) is 11.0. The van der Waals surface area contributed by atoms with E-state index in [2.05, 4.69) is 29.2 Å². The van der Waals surface area contributed by atoms with Crippen LogP contribution in [-0.4, -0.2) is 28.4 Å². The van der Waals surface area contributed by atoms with Gasteiger partial charge in [-0.05, 0) is 30.9 Å². The Morgan fingerprint density at radius 3 is 2.67 bits per heavy atom. The van der Waals surface area contributed by atoms with Gasteiger partial charge in [-0.3, -0.25) is 4.79 Å². The lowest BCUT2D eigenvalue weighted by Gasteiger charge is -2.12. The van der Waals surface area contributed by atoms with Crippen LogP contribution in [0.15, 0.2) is 53.7 Å². The van der Waals surface area contributed by atoms with Crippen molar-refractivity contribution in [2.24, 2.45) is 0 Å². The molecule has 2 aromatic rings. The number of nitrogen functional groups attached to an aromatic ring is 1. The number of anilines is 1. The molecule has 0 bridgehead atoms. The average molecular weight is 413 g/mol. The molecule has 0 amide bonds. The normalized spacial score (nSPS) is 15.2. The second-order valence-corrected chi connectivity index (χ2v) is 7.08. The highest BCUT2D eigenvalue weighted by Crippen LogP contribution is 2.18. The predicted molar refractivity (Wildman–Crippen MR) is 112 cm³/mol. The Hall–Kier alpha value is -3.29. The van der Waals surface area contributed by atoms with Gasteiger partial charge in [0.15, 0.2) is 6.61 Å². The zero-order valence-electron chi connectivity index (χ0n) is 16.9. The highest BCUT2D eigenvalue weighted by atomic mass is 16.7. The molecule has 0 spiro atoms. The Morgan fingerprint density at radius 1 is 1.10 bits per heavy atom. The van der Waals surface area contributed by atoms with E-state index in [1.54, 1.807) is 0 Å². The molecular formula is C22H27N3O5. The quantitative estimate of drug-likeness (QED) is 0.446. The van der Waals surface area contributed by atoms with Gasteiger partial charge >= 0.3 is 11.7 Å². The van der Waals surface area contributed by atoms with Gasteiger partial charge < -0.3 is 19.9 Å². The van der Waals surface area contributed by atoms with Crippen LogP contribution >= 0.6 is 0 Å². The number of aryl methyl sites for hydroxylation is 1. The molecule has 30 heavy (non-hydrogen) atoms. The molecule has 8 heteroatoms. The summed E-state index contributed by atoms with van der Waals surface area (Å²) in [5.74, 6) is 0.00717. The van der Waals surface area contributed by atoms with Gasteiger partial charge in [-0.25, -0.2) is 9.36 Å². The van der Waals surface area contributed by atoms with Crippen LogP contribution in [0.5, 0.6) is 0 Å². The highest BCUT2D eigenvalue weighted by Gasteiger charge is 2.23. The maximum atomic E-state index is 11.9. The summed E-state index contributed by atoms with van der Waals surface area (Å²) in [6.45, 7) is -0.0486. The van der Waals surface area contributed by atoms with Crippen molar-refractivity contribution in [1.82, 2.24) is 9.55 Å². The molecule has 1 atom stereocenters. The summed E-state index contributed by atoms with van der Waals surface area (Å²) in [5.41, 5.74) is 6.25. The van der Waals surface area contributed by atoms with Gasteiger partial charge in [-0.2, -0.15) is 4.98 Å². The molecule has 8 nitrogen and oxygen atoms in total. The third-order valence-electron chi connectivity index (χ3n) is 4.71. The number of rotatable bonds is 11. The zero-order valence-corrected chi connectivity index (χ0v) is 16.9. The molecule has 2 N–H and O–H groups in total. The van der Waals surface area contributed by atoms with Crippen LogP contribution in [0.4, 0.5) is 5.82 Å². The number of hydrogen-bond acceptors (Lipinski definition) is 7. The lowest BCUT2D eigenvalue weighted by Crippen LogP contribution is -2.25. The van der Waals surface area contributed by atoms with Gasteiger partial charge in [0.25, 0.3) is 6.29 Å². The summed E-state index contributed by atoms with van der Waals surface area (Å²) in [6.07, 6.45) is 8.62. The maximum absolute atomic E-state index is 11.9. The topological polar surface area (TPSA) is 106 Å². The van der Waals surface area contributed by atoms with Crippen LogP contribution < -0.4 is 11.4 Å². The van der Waals surface area contributed by atoms with Crippen LogP contribution in [0.1, 0.15) is 44.1 Å². The van der Waals surface area contributed by atoms with Gasteiger partial charge in [0.05, 0.1) is 0 Å². The number of esters is 1. The summed E-state index contributed by atoms with van der Waals surface area (Å²) in [6, 6.07) is 11.9. The molecule has 3 rings (SSSR count). The molecule has 2 heterocycles. The monoisotopic (exact) mass is 413 g/mol. The molecule has 1 aromatic carbocycles. The molecule has 0 saturated heterocycles. The van der Waals surface area contributed by atoms with Crippen molar-refractivity contribution >= 4 is 17.7 Å². The molecule has 1 aromatic heterocycles. The van der Waals surface area contributed by atoms with Crippen molar-refractivity contribution in [3.05, 3.63) is 64.9 Å². The van der Waals surface area contributed by atoms with E-state index in [1.165, 1.54) is 24.1 Å². The Morgan fingerprint density at radius 2 is 1.87 bits per heavy atom. The molecule has 1 unspecified atom stereocenters. The zero-order chi connectivity index (χ0) is 21.2. The van der Waals surface area contributed by atoms with Crippen LogP contribution in [0.2, 0.25) is 0 Å². The largest absolute Gasteiger partial charge is 0.458 e. The SMILES string of the molecule is Nc1ccn(C2=COC(COC(=O)CCCCCCCc3ccccc3)O2)c(=O)n1. The number of carbonyl (C=O) groups excluding carboxylic acids is 1. The van der Waals surface area contributed by atoms with E-state index in [9.17, 15) is 9.59 Å². The Labute approximate surface area is 175 Å². The number of aromatic nitrogens is 2. The van der Waals surface area contributed by atoms with Crippen molar-refractivity contribution in [3.8, 4) is 0 Å². The molecule has 0 radical (unpaired) electrons. The van der Waals surface area contributed by atoms with E-state index in [0.29, 0.717) is 6.42 Å². The standard InChI is InChI=1S/C22H27N3O5/c23-18-13-14-25(22(27)24-18)19-15-29-21(30-19)16-28-20(26)12-8-3-1-2-5-9-17-10-6-4-7-11-17/h4,6-7,10-11,13-15,21H,1-3,5,8-9,12,16H2,(H2,23,24,27). The second-order valence-electron chi connectivity index (χ2n) is 7.08.